The maximum atomic E-state index is 11.6. The van der Waals surface area contributed by atoms with E-state index < -0.39 is 11.8 Å². The molecule has 1 unspecified atom stereocenters. The van der Waals surface area contributed by atoms with Crippen LogP contribution >= 0.6 is 12.2 Å². The van der Waals surface area contributed by atoms with Gasteiger partial charge in [0.25, 0.3) is 0 Å². The Hall–Kier alpha value is -1.21. The second-order valence-corrected chi connectivity index (χ2v) is 5.44. The number of carbonyl (C=O) groups excluding carboxylic acids is 2. The molecular weight excluding hydrogens is 254 g/mol. The standard InChI is InChI=1S/C11H19N3O3S/c1-11(2)5-7(3-4-17-11)14-10(16)9(15)13-6-8(12)18/h7H,3-6H2,1-2H3,(H2,12,18)(H,13,15)(H,14,16). The van der Waals surface area contributed by atoms with Crippen LogP contribution in [0.5, 0.6) is 0 Å². The van der Waals surface area contributed by atoms with Gasteiger partial charge in [-0.2, -0.15) is 0 Å². The molecule has 0 bridgehead atoms. The molecule has 0 aromatic carbocycles. The van der Waals surface area contributed by atoms with E-state index in [4.69, 9.17) is 10.5 Å². The number of nitrogens with one attached hydrogen (secondary N) is 2. The summed E-state index contributed by atoms with van der Waals surface area (Å²) in [7, 11) is 0. The van der Waals surface area contributed by atoms with Crippen LogP contribution in [0.15, 0.2) is 0 Å². The van der Waals surface area contributed by atoms with Crippen LogP contribution in [-0.2, 0) is 14.3 Å². The molecule has 0 spiro atoms. The molecule has 0 saturated carbocycles. The second kappa shape index (κ2) is 6.10. The van der Waals surface area contributed by atoms with E-state index in [1.165, 1.54) is 0 Å². The molecule has 1 atom stereocenters. The van der Waals surface area contributed by atoms with Crippen molar-refractivity contribution in [2.75, 3.05) is 13.2 Å². The zero-order valence-corrected chi connectivity index (χ0v) is 11.4. The van der Waals surface area contributed by atoms with Crippen molar-refractivity contribution >= 4 is 29.0 Å². The zero-order valence-electron chi connectivity index (χ0n) is 10.6. The van der Waals surface area contributed by atoms with E-state index in [0.29, 0.717) is 19.4 Å². The molecular formula is C11H19N3O3S. The average Bonchev–Trinajstić information content (AvgIpc) is 2.24. The normalized spacial score (nSPS) is 22.0. The van der Waals surface area contributed by atoms with Crippen LogP contribution < -0.4 is 16.4 Å². The minimum Gasteiger partial charge on any atom is -0.392 e. The monoisotopic (exact) mass is 273 g/mol. The molecule has 7 heteroatoms. The van der Waals surface area contributed by atoms with Crippen molar-refractivity contribution in [1.82, 2.24) is 10.6 Å². The van der Waals surface area contributed by atoms with Crippen LogP contribution in [0.3, 0.4) is 0 Å². The fourth-order valence-corrected chi connectivity index (χ4v) is 1.93. The van der Waals surface area contributed by atoms with Gasteiger partial charge >= 0.3 is 11.8 Å². The third kappa shape index (κ3) is 4.97. The van der Waals surface area contributed by atoms with Crippen molar-refractivity contribution in [2.24, 2.45) is 5.73 Å². The van der Waals surface area contributed by atoms with Crippen molar-refractivity contribution in [1.29, 1.82) is 0 Å². The largest absolute Gasteiger partial charge is 0.392 e. The van der Waals surface area contributed by atoms with Crippen LogP contribution in [0.2, 0.25) is 0 Å². The smallest absolute Gasteiger partial charge is 0.309 e. The lowest BCUT2D eigenvalue weighted by Gasteiger charge is -2.35. The molecule has 1 aliphatic rings. The van der Waals surface area contributed by atoms with E-state index in [-0.39, 0.29) is 23.2 Å². The Kier molecular flexibility index (Phi) is 5.03. The molecule has 0 aromatic heterocycles. The van der Waals surface area contributed by atoms with Crippen molar-refractivity contribution in [3.8, 4) is 0 Å². The molecule has 1 saturated heterocycles. The van der Waals surface area contributed by atoms with Crippen molar-refractivity contribution < 1.29 is 14.3 Å². The minimum absolute atomic E-state index is 0.0286. The number of hydrogen-bond acceptors (Lipinski definition) is 4. The number of thiocarbonyl (C=S) groups is 1. The lowest BCUT2D eigenvalue weighted by atomic mass is 9.94. The number of ether oxygens (including phenoxy) is 1. The van der Waals surface area contributed by atoms with E-state index in [0.717, 1.165) is 0 Å². The van der Waals surface area contributed by atoms with Crippen LogP contribution in [0.4, 0.5) is 0 Å². The van der Waals surface area contributed by atoms with Gasteiger partial charge < -0.3 is 21.1 Å². The zero-order chi connectivity index (χ0) is 13.8. The Morgan fingerprint density at radius 1 is 1.44 bits per heavy atom. The Labute approximate surface area is 112 Å². The molecule has 1 heterocycles. The lowest BCUT2D eigenvalue weighted by molar-refractivity contribution is -0.140. The average molecular weight is 273 g/mol. The van der Waals surface area contributed by atoms with Crippen LogP contribution in [0, 0.1) is 0 Å². The van der Waals surface area contributed by atoms with Gasteiger partial charge in [-0.25, -0.2) is 0 Å². The first-order valence-corrected chi connectivity index (χ1v) is 6.22. The van der Waals surface area contributed by atoms with Crippen molar-refractivity contribution in [3.05, 3.63) is 0 Å². The molecule has 0 aliphatic carbocycles. The van der Waals surface area contributed by atoms with Gasteiger partial charge in [-0.15, -0.1) is 0 Å². The van der Waals surface area contributed by atoms with E-state index in [2.05, 4.69) is 22.9 Å². The van der Waals surface area contributed by atoms with Gasteiger partial charge in [0.15, 0.2) is 0 Å². The second-order valence-electron chi connectivity index (χ2n) is 4.92. The molecule has 4 N–H and O–H groups in total. The maximum Gasteiger partial charge on any atom is 0.309 e. The molecule has 0 radical (unpaired) electrons. The molecule has 0 aromatic rings. The fraction of sp³-hybridized carbons (Fsp3) is 0.727. The molecule has 1 aliphatic heterocycles. The number of hydrogen-bond donors (Lipinski definition) is 3. The highest BCUT2D eigenvalue weighted by atomic mass is 32.1. The summed E-state index contributed by atoms with van der Waals surface area (Å²) in [5, 5.41) is 5.03. The van der Waals surface area contributed by atoms with Gasteiger partial charge in [0, 0.05) is 12.6 Å². The third-order valence-electron chi connectivity index (χ3n) is 2.66. The summed E-state index contributed by atoms with van der Waals surface area (Å²) in [6.07, 6.45) is 1.39. The molecule has 1 fully saturated rings. The first-order valence-electron chi connectivity index (χ1n) is 5.81. The maximum absolute atomic E-state index is 11.6. The van der Waals surface area contributed by atoms with Gasteiger partial charge in [-0.05, 0) is 26.7 Å². The molecule has 102 valence electrons. The van der Waals surface area contributed by atoms with E-state index in [1.807, 2.05) is 13.8 Å². The van der Waals surface area contributed by atoms with Gasteiger partial charge in [0.1, 0.15) is 0 Å². The predicted octanol–water partition coefficient (Wildman–Crippen LogP) is -0.537. The molecule has 6 nitrogen and oxygen atoms in total. The molecule has 2 amide bonds. The fourth-order valence-electron chi connectivity index (χ4n) is 1.85. The lowest BCUT2D eigenvalue weighted by Crippen LogP contribution is -2.50. The van der Waals surface area contributed by atoms with Crippen LogP contribution in [0.25, 0.3) is 0 Å². The summed E-state index contributed by atoms with van der Waals surface area (Å²) in [6.45, 7) is 4.52. The Bertz CT molecular complexity index is 357. The number of nitrogens with two attached hydrogens (primary N) is 1. The Balaban J connectivity index is 2.39. The molecule has 18 heavy (non-hydrogen) atoms. The summed E-state index contributed by atoms with van der Waals surface area (Å²) < 4.78 is 5.53. The quantitative estimate of drug-likeness (QED) is 0.474. The Morgan fingerprint density at radius 3 is 2.67 bits per heavy atom. The third-order valence-corrected chi connectivity index (χ3v) is 2.81. The topological polar surface area (TPSA) is 93.5 Å². The highest BCUT2D eigenvalue weighted by Crippen LogP contribution is 2.23. The first-order chi connectivity index (χ1) is 8.30. The summed E-state index contributed by atoms with van der Waals surface area (Å²) in [5.74, 6) is -1.37. The van der Waals surface area contributed by atoms with Gasteiger partial charge in [-0.3, -0.25) is 9.59 Å². The SMILES string of the molecule is CC1(C)CC(NC(=O)C(=O)NCC(N)=S)CCO1. The van der Waals surface area contributed by atoms with Crippen molar-refractivity contribution in [3.63, 3.8) is 0 Å². The Morgan fingerprint density at radius 2 is 2.11 bits per heavy atom. The van der Waals surface area contributed by atoms with Gasteiger partial charge in [-0.1, -0.05) is 12.2 Å². The predicted molar refractivity (Wildman–Crippen MR) is 71.0 cm³/mol. The summed E-state index contributed by atoms with van der Waals surface area (Å²) in [5.41, 5.74) is 4.96. The van der Waals surface area contributed by atoms with Crippen LogP contribution in [-0.4, -0.2) is 41.6 Å². The van der Waals surface area contributed by atoms with Gasteiger partial charge in [0.2, 0.25) is 0 Å². The van der Waals surface area contributed by atoms with E-state index in [9.17, 15) is 9.59 Å². The highest BCUT2D eigenvalue weighted by molar-refractivity contribution is 7.80. The highest BCUT2D eigenvalue weighted by Gasteiger charge is 2.30. The van der Waals surface area contributed by atoms with Gasteiger partial charge in [0.05, 0.1) is 17.1 Å². The number of rotatable bonds is 3. The summed E-state index contributed by atoms with van der Waals surface area (Å²) in [6, 6.07) is -0.0446. The van der Waals surface area contributed by atoms with Crippen molar-refractivity contribution in [2.45, 2.75) is 38.3 Å². The summed E-state index contributed by atoms with van der Waals surface area (Å²) >= 11 is 4.61. The minimum atomic E-state index is -0.716. The summed E-state index contributed by atoms with van der Waals surface area (Å²) in [4.78, 5) is 23.1. The van der Waals surface area contributed by atoms with E-state index >= 15 is 0 Å². The van der Waals surface area contributed by atoms with Crippen LogP contribution in [0.1, 0.15) is 26.7 Å². The van der Waals surface area contributed by atoms with E-state index in [1.54, 1.807) is 0 Å². The first kappa shape index (κ1) is 14.8. The number of carbonyl (C=O) groups is 2. The molecule has 1 rings (SSSR count). The number of amides is 2.